The molecule has 1 radical (unpaired) electrons. The largest absolute Gasteiger partial charge is 0.446 e. The summed E-state index contributed by atoms with van der Waals surface area (Å²) in [4.78, 5) is -0.373. The Morgan fingerprint density at radius 1 is 1.33 bits per heavy atom. The summed E-state index contributed by atoms with van der Waals surface area (Å²) in [5.74, 6) is -0.780. The first-order valence-electron chi connectivity index (χ1n) is 4.25. The molecule has 15 heavy (non-hydrogen) atoms. The summed E-state index contributed by atoms with van der Waals surface area (Å²) in [7, 11) is 0. The van der Waals surface area contributed by atoms with Crippen LogP contribution in [0.2, 0.25) is 0 Å². The standard InChI is InChI=1S/C10H9F4S/c1-2-4-7-5-3-6-8(9(7)11)15-10(12,13)14/h2-3,5-6H,4H2,1H3. The average molecular weight is 237 g/mol. The van der Waals surface area contributed by atoms with Crippen molar-refractivity contribution in [1.82, 2.24) is 0 Å². The lowest BCUT2D eigenvalue weighted by molar-refractivity contribution is -0.0329. The molecule has 0 nitrogen and oxygen atoms in total. The average Bonchev–Trinajstić information content (AvgIpc) is 2.10. The molecule has 0 aliphatic heterocycles. The second kappa shape index (κ2) is 4.88. The van der Waals surface area contributed by atoms with Crippen molar-refractivity contribution in [3.05, 3.63) is 36.0 Å². The Bertz CT molecular complexity index is 333. The summed E-state index contributed by atoms with van der Waals surface area (Å²) in [6.45, 7) is 1.73. The van der Waals surface area contributed by atoms with Gasteiger partial charge >= 0.3 is 5.51 Å². The molecule has 0 aromatic heterocycles. The van der Waals surface area contributed by atoms with Gasteiger partial charge in [0, 0.05) is 0 Å². The molecule has 0 saturated heterocycles. The van der Waals surface area contributed by atoms with Crippen molar-refractivity contribution in [3.63, 3.8) is 0 Å². The maximum Gasteiger partial charge on any atom is 0.446 e. The minimum absolute atomic E-state index is 0.284. The van der Waals surface area contributed by atoms with E-state index in [1.807, 2.05) is 0 Å². The van der Waals surface area contributed by atoms with Gasteiger partial charge in [-0.1, -0.05) is 19.1 Å². The van der Waals surface area contributed by atoms with Gasteiger partial charge in [0.2, 0.25) is 0 Å². The van der Waals surface area contributed by atoms with Crippen LogP contribution in [-0.2, 0) is 6.42 Å². The molecule has 0 fully saturated rings. The topological polar surface area (TPSA) is 0 Å². The van der Waals surface area contributed by atoms with Crippen molar-refractivity contribution >= 4 is 11.8 Å². The second-order valence-electron chi connectivity index (χ2n) is 2.89. The third-order valence-corrected chi connectivity index (χ3v) is 2.46. The van der Waals surface area contributed by atoms with Crippen molar-refractivity contribution in [3.8, 4) is 0 Å². The van der Waals surface area contributed by atoms with Gasteiger partial charge in [-0.3, -0.25) is 0 Å². The molecule has 1 aromatic carbocycles. The third-order valence-electron chi connectivity index (χ3n) is 1.69. The molecule has 0 heterocycles. The van der Waals surface area contributed by atoms with Crippen LogP contribution in [0.25, 0.3) is 0 Å². The first kappa shape index (κ1) is 12.4. The highest BCUT2D eigenvalue weighted by Gasteiger charge is 2.30. The first-order chi connectivity index (χ1) is 6.94. The highest BCUT2D eigenvalue weighted by Crippen LogP contribution is 2.38. The van der Waals surface area contributed by atoms with Gasteiger partial charge in [0.15, 0.2) is 0 Å². The minimum Gasteiger partial charge on any atom is -0.205 e. The molecule has 1 aromatic rings. The van der Waals surface area contributed by atoms with Crippen LogP contribution in [0.4, 0.5) is 17.6 Å². The van der Waals surface area contributed by atoms with Gasteiger partial charge in [-0.25, -0.2) is 4.39 Å². The van der Waals surface area contributed by atoms with E-state index < -0.39 is 23.1 Å². The molecule has 0 amide bonds. The Hall–Kier alpha value is -0.710. The number of thioether (sulfide) groups is 1. The van der Waals surface area contributed by atoms with Crippen molar-refractivity contribution in [2.24, 2.45) is 0 Å². The molecule has 0 atom stereocenters. The van der Waals surface area contributed by atoms with Gasteiger partial charge in [0.05, 0.1) is 4.90 Å². The molecule has 0 bridgehead atoms. The Morgan fingerprint density at radius 3 is 2.53 bits per heavy atom. The molecule has 0 unspecified atom stereocenters. The molecule has 5 heteroatoms. The van der Waals surface area contributed by atoms with Crippen LogP contribution in [0.1, 0.15) is 12.5 Å². The van der Waals surface area contributed by atoms with Gasteiger partial charge in [0.1, 0.15) is 5.82 Å². The van der Waals surface area contributed by atoms with Crippen LogP contribution >= 0.6 is 11.8 Å². The highest BCUT2D eigenvalue weighted by atomic mass is 32.2. The lowest BCUT2D eigenvalue weighted by Gasteiger charge is -2.09. The van der Waals surface area contributed by atoms with E-state index >= 15 is 0 Å². The van der Waals surface area contributed by atoms with E-state index in [1.165, 1.54) is 12.1 Å². The maximum absolute atomic E-state index is 13.4. The van der Waals surface area contributed by atoms with Crippen LogP contribution in [0.3, 0.4) is 0 Å². The maximum atomic E-state index is 13.4. The van der Waals surface area contributed by atoms with Crippen molar-refractivity contribution in [1.29, 1.82) is 0 Å². The normalized spacial score (nSPS) is 11.8. The highest BCUT2D eigenvalue weighted by molar-refractivity contribution is 8.00. The predicted octanol–water partition coefficient (Wildman–Crippen LogP) is 4.20. The van der Waals surface area contributed by atoms with Crippen molar-refractivity contribution < 1.29 is 17.6 Å². The number of alkyl halides is 3. The number of hydrogen-bond acceptors (Lipinski definition) is 1. The van der Waals surface area contributed by atoms with E-state index in [1.54, 1.807) is 13.3 Å². The monoisotopic (exact) mass is 237 g/mol. The predicted molar refractivity (Wildman–Crippen MR) is 52.0 cm³/mol. The van der Waals surface area contributed by atoms with E-state index in [4.69, 9.17) is 0 Å². The minimum atomic E-state index is -4.45. The summed E-state index contributed by atoms with van der Waals surface area (Å²) < 4.78 is 49.5. The molecule has 0 aliphatic rings. The fourth-order valence-electron chi connectivity index (χ4n) is 1.14. The Labute approximate surface area is 89.7 Å². The zero-order chi connectivity index (χ0) is 11.5. The lowest BCUT2D eigenvalue weighted by atomic mass is 10.1. The zero-order valence-corrected chi connectivity index (χ0v) is 8.75. The van der Waals surface area contributed by atoms with Crippen LogP contribution in [0.5, 0.6) is 0 Å². The third kappa shape index (κ3) is 3.74. The van der Waals surface area contributed by atoms with E-state index in [0.717, 1.165) is 6.07 Å². The lowest BCUT2D eigenvalue weighted by Crippen LogP contribution is -2.01. The van der Waals surface area contributed by atoms with E-state index in [9.17, 15) is 17.6 Å². The van der Waals surface area contributed by atoms with Gasteiger partial charge in [-0.2, -0.15) is 13.2 Å². The van der Waals surface area contributed by atoms with E-state index in [2.05, 4.69) is 0 Å². The van der Waals surface area contributed by atoms with E-state index in [0.29, 0.717) is 6.42 Å². The van der Waals surface area contributed by atoms with E-state index in [-0.39, 0.29) is 10.5 Å². The molecule has 83 valence electrons. The van der Waals surface area contributed by atoms with Crippen LogP contribution in [-0.4, -0.2) is 5.51 Å². The number of benzene rings is 1. The summed E-state index contributed by atoms with van der Waals surface area (Å²) in [5, 5.41) is 0. The molecule has 0 N–H and O–H groups in total. The Kier molecular flexibility index (Phi) is 4.02. The SMILES string of the molecule is C[CH]Cc1cccc(SC(F)(F)F)c1F. The Morgan fingerprint density at radius 2 is 2.00 bits per heavy atom. The summed E-state index contributed by atoms with van der Waals surface area (Å²) in [6.07, 6.45) is 2.03. The van der Waals surface area contributed by atoms with Crippen molar-refractivity contribution in [2.45, 2.75) is 23.7 Å². The molecule has 1 rings (SSSR count). The van der Waals surface area contributed by atoms with Gasteiger partial charge in [-0.15, -0.1) is 0 Å². The van der Waals surface area contributed by atoms with Gasteiger partial charge in [-0.05, 0) is 36.2 Å². The number of rotatable bonds is 3. The zero-order valence-electron chi connectivity index (χ0n) is 7.94. The van der Waals surface area contributed by atoms with Gasteiger partial charge in [0.25, 0.3) is 0 Å². The number of hydrogen-bond donors (Lipinski definition) is 0. The molecule has 0 saturated carbocycles. The quantitative estimate of drug-likeness (QED) is 0.560. The second-order valence-corrected chi connectivity index (χ2v) is 4.00. The van der Waals surface area contributed by atoms with Gasteiger partial charge < -0.3 is 0 Å². The molecule has 0 aliphatic carbocycles. The number of halogens is 4. The smallest absolute Gasteiger partial charge is 0.205 e. The summed E-state index contributed by atoms with van der Waals surface area (Å²) in [6, 6.07) is 4.04. The fourth-order valence-corrected chi connectivity index (χ4v) is 1.75. The fraction of sp³-hybridized carbons (Fsp3) is 0.300. The Balaban J connectivity index is 2.94. The van der Waals surface area contributed by atoms with Crippen molar-refractivity contribution in [2.75, 3.05) is 0 Å². The van der Waals surface area contributed by atoms with Crippen LogP contribution < -0.4 is 0 Å². The summed E-state index contributed by atoms with van der Waals surface area (Å²) in [5.41, 5.74) is -4.16. The molecular formula is C10H9F4S. The molecule has 0 spiro atoms. The van der Waals surface area contributed by atoms with Crippen LogP contribution in [0.15, 0.2) is 23.1 Å². The van der Waals surface area contributed by atoms with Crippen LogP contribution in [0, 0.1) is 12.2 Å². The first-order valence-corrected chi connectivity index (χ1v) is 5.06. The summed E-state index contributed by atoms with van der Waals surface area (Å²) >= 11 is -0.422. The molecular weight excluding hydrogens is 228 g/mol.